The lowest BCUT2D eigenvalue weighted by Gasteiger charge is -2.06. The molecule has 2 aromatic rings. The topological polar surface area (TPSA) is 97.7 Å². The maximum atomic E-state index is 12.2. The number of rotatable bonds is 6. The minimum absolute atomic E-state index is 0.0556. The quantitative estimate of drug-likeness (QED) is 0.451. The molecule has 0 aliphatic carbocycles. The van der Waals surface area contributed by atoms with Crippen molar-refractivity contribution in [3.8, 4) is 6.07 Å². The van der Waals surface area contributed by atoms with Gasteiger partial charge in [0.25, 0.3) is 0 Å². The van der Waals surface area contributed by atoms with Gasteiger partial charge in [-0.05, 0) is 5.56 Å². The van der Waals surface area contributed by atoms with Crippen LogP contribution in [0.3, 0.4) is 0 Å². The smallest absolute Gasteiger partial charge is 0.390 e. The van der Waals surface area contributed by atoms with E-state index in [1.165, 1.54) is 0 Å². The summed E-state index contributed by atoms with van der Waals surface area (Å²) in [6.45, 7) is -1.57. The average molecular weight is 352 g/mol. The monoisotopic (exact) mass is 352 g/mol. The Bertz CT molecular complexity index is 766. The summed E-state index contributed by atoms with van der Waals surface area (Å²) in [6.07, 6.45) is -2.34. The van der Waals surface area contributed by atoms with Crippen LogP contribution in [0.4, 0.5) is 13.2 Å². The molecule has 130 valence electrons. The van der Waals surface area contributed by atoms with Gasteiger partial charge >= 0.3 is 6.18 Å². The highest BCUT2D eigenvalue weighted by atomic mass is 19.4. The molecular formula is C14H11F3N6O2. The van der Waals surface area contributed by atoms with Crippen molar-refractivity contribution < 1.29 is 22.8 Å². The summed E-state index contributed by atoms with van der Waals surface area (Å²) in [4.78, 5) is 12.9. The molecule has 11 heteroatoms. The summed E-state index contributed by atoms with van der Waals surface area (Å²) < 4.78 is 37.5. The number of hydrogen-bond donors (Lipinski definition) is 0. The van der Waals surface area contributed by atoms with E-state index in [4.69, 9.17) is 4.84 Å². The fourth-order valence-corrected chi connectivity index (χ4v) is 1.53. The molecule has 0 N–H and O–H groups in total. The van der Waals surface area contributed by atoms with Crippen molar-refractivity contribution in [1.82, 2.24) is 14.8 Å². The SMILES string of the molecule is N#CC(=N\OCc1ccccc1)/C(=N\OCC(F)(F)F)n1cncn1. The van der Waals surface area contributed by atoms with E-state index in [-0.39, 0.29) is 6.61 Å². The molecule has 0 bridgehead atoms. The predicted molar refractivity (Wildman–Crippen MR) is 79.1 cm³/mol. The highest BCUT2D eigenvalue weighted by molar-refractivity contribution is 6.47. The van der Waals surface area contributed by atoms with Crippen LogP contribution in [0.15, 0.2) is 53.3 Å². The van der Waals surface area contributed by atoms with E-state index in [9.17, 15) is 18.4 Å². The third-order valence-electron chi connectivity index (χ3n) is 2.56. The van der Waals surface area contributed by atoms with Gasteiger partial charge in [0.15, 0.2) is 0 Å². The third kappa shape index (κ3) is 5.94. The Labute approximate surface area is 139 Å². The number of benzene rings is 1. The highest BCUT2D eigenvalue weighted by Crippen LogP contribution is 2.14. The first-order valence-electron chi connectivity index (χ1n) is 6.75. The average Bonchev–Trinajstić information content (AvgIpc) is 3.10. The molecule has 8 nitrogen and oxygen atoms in total. The molecule has 1 aromatic heterocycles. The van der Waals surface area contributed by atoms with E-state index in [1.54, 1.807) is 30.3 Å². The van der Waals surface area contributed by atoms with Crippen molar-refractivity contribution in [3.63, 3.8) is 0 Å². The Hall–Kier alpha value is -3.42. The number of nitriles is 1. The van der Waals surface area contributed by atoms with E-state index in [0.29, 0.717) is 0 Å². The molecule has 0 radical (unpaired) electrons. The van der Waals surface area contributed by atoms with Gasteiger partial charge in [0.05, 0.1) is 0 Å². The van der Waals surface area contributed by atoms with Gasteiger partial charge in [-0.15, -0.1) is 0 Å². The molecule has 0 fully saturated rings. The molecular weight excluding hydrogens is 341 g/mol. The molecule has 0 unspecified atom stereocenters. The molecule has 25 heavy (non-hydrogen) atoms. The molecule has 1 aromatic carbocycles. The molecule has 0 saturated heterocycles. The lowest BCUT2D eigenvalue weighted by Crippen LogP contribution is -2.24. The second-order valence-corrected chi connectivity index (χ2v) is 4.45. The van der Waals surface area contributed by atoms with Crippen LogP contribution < -0.4 is 0 Å². The Morgan fingerprint density at radius 2 is 1.96 bits per heavy atom. The molecule has 1 heterocycles. The lowest BCUT2D eigenvalue weighted by molar-refractivity contribution is -0.173. The molecule has 0 amide bonds. The molecule has 0 spiro atoms. The Morgan fingerprint density at radius 3 is 2.56 bits per heavy atom. The Morgan fingerprint density at radius 1 is 1.20 bits per heavy atom. The Kier molecular flexibility index (Phi) is 6.05. The molecule has 2 rings (SSSR count). The zero-order chi connectivity index (χ0) is 18.1. The summed E-state index contributed by atoms with van der Waals surface area (Å²) >= 11 is 0. The summed E-state index contributed by atoms with van der Waals surface area (Å²) in [5.41, 5.74) is 0.361. The third-order valence-corrected chi connectivity index (χ3v) is 2.56. The van der Waals surface area contributed by atoms with E-state index < -0.39 is 24.3 Å². The van der Waals surface area contributed by atoms with E-state index in [0.717, 1.165) is 22.9 Å². The number of aromatic nitrogens is 3. The first-order chi connectivity index (χ1) is 12.0. The van der Waals surface area contributed by atoms with Crippen LogP contribution in [-0.4, -0.2) is 39.1 Å². The van der Waals surface area contributed by atoms with Crippen molar-refractivity contribution in [2.75, 3.05) is 6.61 Å². The minimum atomic E-state index is -4.58. The van der Waals surface area contributed by atoms with Gasteiger partial charge in [-0.2, -0.15) is 28.2 Å². The Balaban J connectivity index is 2.14. The van der Waals surface area contributed by atoms with Crippen molar-refractivity contribution >= 4 is 11.5 Å². The molecule has 0 aliphatic heterocycles. The highest BCUT2D eigenvalue weighted by Gasteiger charge is 2.29. The van der Waals surface area contributed by atoms with Gasteiger partial charge in [-0.1, -0.05) is 40.6 Å². The van der Waals surface area contributed by atoms with Crippen LogP contribution in [0.25, 0.3) is 0 Å². The van der Waals surface area contributed by atoms with Crippen LogP contribution in [-0.2, 0) is 16.3 Å². The normalized spacial score (nSPS) is 12.6. The summed E-state index contributed by atoms with van der Waals surface area (Å²) in [6, 6.07) is 10.6. The fourth-order valence-electron chi connectivity index (χ4n) is 1.53. The van der Waals surface area contributed by atoms with Gasteiger partial charge in [0, 0.05) is 0 Å². The standard InChI is InChI=1S/C14H11F3N6O2/c15-14(16,17)8-25-22-13(23-10-19-9-20-23)12(6-18)21-24-7-11-4-2-1-3-5-11/h1-5,9-10H,7-8H2/b21-12+,22-13+. The van der Waals surface area contributed by atoms with Gasteiger partial charge in [-0.25, -0.2) is 4.98 Å². The van der Waals surface area contributed by atoms with Gasteiger partial charge in [0.1, 0.15) is 25.3 Å². The summed E-state index contributed by atoms with van der Waals surface area (Å²) in [5, 5.41) is 19.7. The van der Waals surface area contributed by atoms with E-state index >= 15 is 0 Å². The van der Waals surface area contributed by atoms with Crippen LogP contribution in [0, 0.1) is 11.3 Å². The number of hydrogen-bond acceptors (Lipinski definition) is 7. The molecule has 0 saturated carbocycles. The van der Waals surface area contributed by atoms with Crippen molar-refractivity contribution in [2.24, 2.45) is 10.3 Å². The van der Waals surface area contributed by atoms with Gasteiger partial charge in [-0.3, -0.25) is 0 Å². The zero-order valence-electron chi connectivity index (χ0n) is 12.6. The second-order valence-electron chi connectivity index (χ2n) is 4.45. The number of alkyl halides is 3. The number of halogens is 3. The zero-order valence-corrected chi connectivity index (χ0v) is 12.6. The van der Waals surface area contributed by atoms with Gasteiger partial charge < -0.3 is 9.68 Å². The molecule has 0 aliphatic rings. The van der Waals surface area contributed by atoms with Crippen LogP contribution >= 0.6 is 0 Å². The predicted octanol–water partition coefficient (Wildman–Crippen LogP) is 2.11. The lowest BCUT2D eigenvalue weighted by atomic mass is 10.2. The summed E-state index contributed by atoms with van der Waals surface area (Å²) in [5.74, 6) is -0.391. The second kappa shape index (κ2) is 8.44. The fraction of sp³-hybridized carbons (Fsp3) is 0.214. The van der Waals surface area contributed by atoms with Crippen molar-refractivity contribution in [2.45, 2.75) is 12.8 Å². The van der Waals surface area contributed by atoms with Crippen molar-refractivity contribution in [1.29, 1.82) is 5.26 Å². The maximum absolute atomic E-state index is 12.2. The number of nitrogens with zero attached hydrogens (tertiary/aromatic N) is 6. The van der Waals surface area contributed by atoms with Crippen LogP contribution in [0.5, 0.6) is 0 Å². The number of oxime groups is 2. The first-order valence-corrected chi connectivity index (χ1v) is 6.75. The van der Waals surface area contributed by atoms with Crippen LogP contribution in [0.2, 0.25) is 0 Å². The van der Waals surface area contributed by atoms with Crippen molar-refractivity contribution in [3.05, 3.63) is 48.5 Å². The maximum Gasteiger partial charge on any atom is 0.425 e. The molecule has 0 atom stereocenters. The van der Waals surface area contributed by atoms with E-state index in [1.807, 2.05) is 6.07 Å². The first kappa shape index (κ1) is 17.9. The van der Waals surface area contributed by atoms with Crippen LogP contribution in [0.1, 0.15) is 5.56 Å². The largest absolute Gasteiger partial charge is 0.425 e. The summed E-state index contributed by atoms with van der Waals surface area (Å²) in [7, 11) is 0. The van der Waals surface area contributed by atoms with E-state index in [2.05, 4.69) is 25.2 Å². The van der Waals surface area contributed by atoms with Gasteiger partial charge in [0.2, 0.25) is 18.2 Å². The minimum Gasteiger partial charge on any atom is -0.390 e.